The SMILES string of the molecule is CSc1nc2nc(C)c(CCC(=O)NCC(Cc3ccccc3)N(C)C)c(C)n2n1. The summed E-state index contributed by atoms with van der Waals surface area (Å²) in [5, 5.41) is 8.29. The molecule has 7 nitrogen and oxygen atoms in total. The smallest absolute Gasteiger partial charge is 0.253 e. The summed E-state index contributed by atoms with van der Waals surface area (Å²) in [6.45, 7) is 4.60. The summed E-state index contributed by atoms with van der Waals surface area (Å²) in [4.78, 5) is 23.7. The lowest BCUT2D eigenvalue weighted by Crippen LogP contribution is -2.41. The molecule has 0 fully saturated rings. The second-order valence-corrected chi connectivity index (χ2v) is 8.46. The van der Waals surface area contributed by atoms with Gasteiger partial charge in [0.05, 0.1) is 0 Å². The van der Waals surface area contributed by atoms with Crippen LogP contribution in [0.15, 0.2) is 35.5 Å². The molecule has 2 heterocycles. The molecule has 1 unspecified atom stereocenters. The standard InChI is InChI=1S/C22H30N6OS/c1-15-19(16(2)28-21(24-15)25-22(26-28)30-5)11-12-20(29)23-14-18(27(3)4)13-17-9-7-6-8-10-17/h6-10,18H,11-14H2,1-5H3,(H,23,29). The third-order valence-corrected chi connectivity index (χ3v) is 5.93. The zero-order chi connectivity index (χ0) is 21.7. The quantitative estimate of drug-likeness (QED) is 0.530. The van der Waals surface area contributed by atoms with E-state index in [1.54, 1.807) is 4.52 Å². The van der Waals surface area contributed by atoms with Gasteiger partial charge in [-0.25, -0.2) is 9.50 Å². The van der Waals surface area contributed by atoms with Crippen molar-refractivity contribution in [2.75, 3.05) is 26.9 Å². The van der Waals surface area contributed by atoms with Gasteiger partial charge in [-0.1, -0.05) is 42.1 Å². The molecule has 1 amide bonds. The fraction of sp³-hybridized carbons (Fsp3) is 0.455. The van der Waals surface area contributed by atoms with Gasteiger partial charge in [0.25, 0.3) is 5.78 Å². The van der Waals surface area contributed by atoms with Crippen LogP contribution in [0.4, 0.5) is 0 Å². The van der Waals surface area contributed by atoms with Crippen molar-refractivity contribution in [3.63, 3.8) is 0 Å². The van der Waals surface area contributed by atoms with Crippen molar-refractivity contribution < 1.29 is 4.79 Å². The Morgan fingerprint density at radius 1 is 1.20 bits per heavy atom. The topological polar surface area (TPSA) is 75.4 Å². The van der Waals surface area contributed by atoms with Gasteiger partial charge in [-0.3, -0.25) is 4.79 Å². The van der Waals surface area contributed by atoms with Gasteiger partial charge in [0, 0.05) is 30.4 Å². The molecular weight excluding hydrogens is 396 g/mol. The Hall–Kier alpha value is -2.45. The minimum atomic E-state index is 0.0530. The number of hydrogen-bond donors (Lipinski definition) is 1. The highest BCUT2D eigenvalue weighted by Gasteiger charge is 2.16. The Kier molecular flexibility index (Phi) is 7.44. The van der Waals surface area contributed by atoms with E-state index in [4.69, 9.17) is 0 Å². The number of likely N-dealkylation sites (N-methyl/N-ethyl adjacent to an activating group) is 1. The van der Waals surface area contributed by atoms with Crippen LogP contribution < -0.4 is 5.32 Å². The van der Waals surface area contributed by atoms with Crippen molar-refractivity contribution in [2.24, 2.45) is 0 Å². The lowest BCUT2D eigenvalue weighted by atomic mass is 10.0. The molecule has 1 aromatic carbocycles. The molecule has 0 saturated carbocycles. The maximum absolute atomic E-state index is 12.5. The first kappa shape index (κ1) is 22.2. The van der Waals surface area contributed by atoms with Crippen molar-refractivity contribution in [1.82, 2.24) is 29.8 Å². The Morgan fingerprint density at radius 3 is 2.60 bits per heavy atom. The summed E-state index contributed by atoms with van der Waals surface area (Å²) in [6.07, 6.45) is 3.90. The first-order chi connectivity index (χ1) is 14.4. The number of rotatable bonds is 9. The molecule has 0 aliphatic carbocycles. The van der Waals surface area contributed by atoms with E-state index in [0.29, 0.717) is 30.3 Å². The molecule has 0 spiro atoms. The number of thioether (sulfide) groups is 1. The van der Waals surface area contributed by atoms with Crippen LogP contribution >= 0.6 is 11.8 Å². The number of carbonyl (C=O) groups is 1. The third kappa shape index (κ3) is 5.37. The van der Waals surface area contributed by atoms with Gasteiger partial charge in [-0.2, -0.15) is 4.98 Å². The van der Waals surface area contributed by atoms with Crippen LogP contribution in [0.3, 0.4) is 0 Å². The summed E-state index contributed by atoms with van der Waals surface area (Å²) in [6, 6.07) is 10.6. The van der Waals surface area contributed by atoms with Crippen LogP contribution in [-0.2, 0) is 17.6 Å². The molecule has 3 aromatic rings. The van der Waals surface area contributed by atoms with Gasteiger partial charge < -0.3 is 10.2 Å². The Balaban J connectivity index is 1.60. The highest BCUT2D eigenvalue weighted by Crippen LogP contribution is 2.18. The first-order valence-electron chi connectivity index (χ1n) is 10.1. The number of hydrogen-bond acceptors (Lipinski definition) is 6. The molecule has 0 radical (unpaired) electrons. The molecule has 0 saturated heterocycles. The van der Waals surface area contributed by atoms with Crippen LogP contribution in [0.2, 0.25) is 0 Å². The molecule has 0 aliphatic rings. The van der Waals surface area contributed by atoms with E-state index < -0.39 is 0 Å². The van der Waals surface area contributed by atoms with E-state index >= 15 is 0 Å². The van der Waals surface area contributed by atoms with E-state index in [9.17, 15) is 4.79 Å². The van der Waals surface area contributed by atoms with Crippen LogP contribution in [0, 0.1) is 13.8 Å². The summed E-state index contributed by atoms with van der Waals surface area (Å²) >= 11 is 1.49. The molecule has 1 N–H and O–H groups in total. The van der Waals surface area contributed by atoms with Crippen molar-refractivity contribution in [3.8, 4) is 0 Å². The highest BCUT2D eigenvalue weighted by molar-refractivity contribution is 7.98. The monoisotopic (exact) mass is 426 g/mol. The molecule has 0 bridgehead atoms. The zero-order valence-electron chi connectivity index (χ0n) is 18.3. The number of amides is 1. The summed E-state index contributed by atoms with van der Waals surface area (Å²) in [7, 11) is 4.10. The predicted molar refractivity (Wildman–Crippen MR) is 121 cm³/mol. The van der Waals surface area contributed by atoms with Crippen LogP contribution in [-0.4, -0.2) is 63.3 Å². The molecule has 3 rings (SSSR count). The van der Waals surface area contributed by atoms with Crippen molar-refractivity contribution in [3.05, 3.63) is 52.8 Å². The normalized spacial score (nSPS) is 12.5. The van der Waals surface area contributed by atoms with Gasteiger partial charge in [-0.05, 0) is 58.2 Å². The summed E-state index contributed by atoms with van der Waals surface area (Å²) in [5.74, 6) is 0.662. The fourth-order valence-electron chi connectivity index (χ4n) is 3.52. The van der Waals surface area contributed by atoms with Gasteiger partial charge in [-0.15, -0.1) is 5.10 Å². The van der Waals surface area contributed by atoms with Crippen LogP contribution in [0.25, 0.3) is 5.78 Å². The lowest BCUT2D eigenvalue weighted by molar-refractivity contribution is -0.121. The Labute approximate surface area is 182 Å². The number of aryl methyl sites for hydroxylation is 2. The minimum absolute atomic E-state index is 0.0530. The average Bonchev–Trinajstić information content (AvgIpc) is 3.14. The van der Waals surface area contributed by atoms with Crippen LogP contribution in [0.1, 0.15) is 28.9 Å². The molecule has 8 heteroatoms. The second-order valence-electron chi connectivity index (χ2n) is 7.68. The molecule has 2 aromatic heterocycles. The summed E-state index contributed by atoms with van der Waals surface area (Å²) < 4.78 is 1.77. The lowest BCUT2D eigenvalue weighted by Gasteiger charge is -2.25. The average molecular weight is 427 g/mol. The molecule has 160 valence electrons. The zero-order valence-corrected chi connectivity index (χ0v) is 19.2. The van der Waals surface area contributed by atoms with Crippen molar-refractivity contribution in [1.29, 1.82) is 0 Å². The second kappa shape index (κ2) is 10.0. The molecule has 1 atom stereocenters. The molecule has 30 heavy (non-hydrogen) atoms. The largest absolute Gasteiger partial charge is 0.355 e. The Bertz CT molecular complexity index is 1000. The van der Waals surface area contributed by atoms with Gasteiger partial charge in [0.15, 0.2) is 0 Å². The molecule has 0 aliphatic heterocycles. The number of benzene rings is 1. The maximum atomic E-state index is 12.5. The van der Waals surface area contributed by atoms with Gasteiger partial charge >= 0.3 is 0 Å². The van der Waals surface area contributed by atoms with E-state index in [-0.39, 0.29) is 11.9 Å². The number of nitrogens with zero attached hydrogens (tertiary/aromatic N) is 5. The maximum Gasteiger partial charge on any atom is 0.253 e. The Morgan fingerprint density at radius 2 is 1.93 bits per heavy atom. The highest BCUT2D eigenvalue weighted by atomic mass is 32.2. The first-order valence-corrected chi connectivity index (χ1v) is 11.4. The summed E-state index contributed by atoms with van der Waals surface area (Å²) in [5.41, 5.74) is 4.23. The van der Waals surface area contributed by atoms with E-state index in [0.717, 1.165) is 23.4 Å². The number of carbonyl (C=O) groups excluding carboxylic acids is 1. The van der Waals surface area contributed by atoms with Crippen molar-refractivity contribution in [2.45, 2.75) is 44.3 Å². The number of aromatic nitrogens is 4. The van der Waals surface area contributed by atoms with Gasteiger partial charge in [0.2, 0.25) is 11.1 Å². The van der Waals surface area contributed by atoms with E-state index in [1.165, 1.54) is 17.3 Å². The molecular formula is C22H30N6OS. The third-order valence-electron chi connectivity index (χ3n) is 5.39. The number of fused-ring (bicyclic) bond motifs is 1. The minimum Gasteiger partial charge on any atom is -0.355 e. The van der Waals surface area contributed by atoms with Crippen LogP contribution in [0.5, 0.6) is 0 Å². The number of nitrogens with one attached hydrogen (secondary N) is 1. The fourth-order valence-corrected chi connectivity index (χ4v) is 3.86. The predicted octanol–water partition coefficient (Wildman–Crippen LogP) is 2.68. The van der Waals surface area contributed by atoms with Crippen molar-refractivity contribution >= 4 is 23.4 Å². The van der Waals surface area contributed by atoms with E-state index in [2.05, 4.69) is 37.4 Å². The van der Waals surface area contributed by atoms with E-state index in [1.807, 2.05) is 52.4 Å². The van der Waals surface area contributed by atoms with Gasteiger partial charge in [0.1, 0.15) is 0 Å².